The van der Waals surface area contributed by atoms with E-state index >= 15 is 0 Å². The lowest BCUT2D eigenvalue weighted by molar-refractivity contribution is -0.184. The zero-order valence-electron chi connectivity index (χ0n) is 18.2. The summed E-state index contributed by atoms with van der Waals surface area (Å²) in [6.45, 7) is 6.62. The first-order valence-corrected chi connectivity index (χ1v) is 11.2. The average Bonchev–Trinajstić information content (AvgIpc) is 2.77. The fourth-order valence-electron chi connectivity index (χ4n) is 4.81. The van der Waals surface area contributed by atoms with E-state index in [0.717, 1.165) is 43.0 Å². The molecule has 5 nitrogen and oxygen atoms in total. The lowest BCUT2D eigenvalue weighted by Gasteiger charge is -2.38. The fourth-order valence-corrected chi connectivity index (χ4v) is 4.81. The molecule has 2 aliphatic rings. The number of benzene rings is 2. The molecule has 0 spiro atoms. The highest BCUT2D eigenvalue weighted by atomic mass is 16.5. The van der Waals surface area contributed by atoms with Gasteiger partial charge in [-0.05, 0) is 55.8 Å². The summed E-state index contributed by atoms with van der Waals surface area (Å²) in [5.74, 6) is 0.462. The number of hydrogen-bond acceptors (Lipinski definition) is 5. The smallest absolute Gasteiger partial charge is 0.138 e. The maximum absolute atomic E-state index is 10.9. The number of hydrogen-bond donors (Lipinski definition) is 2. The highest BCUT2D eigenvalue weighted by Crippen LogP contribution is 2.37. The van der Waals surface area contributed by atoms with Crippen LogP contribution in [0.5, 0.6) is 0 Å². The first-order valence-electron chi connectivity index (χ1n) is 11.2. The van der Waals surface area contributed by atoms with Crippen LogP contribution in [0.4, 0.5) is 5.69 Å². The van der Waals surface area contributed by atoms with E-state index in [1.807, 2.05) is 30.5 Å². The Morgan fingerprint density at radius 3 is 2.61 bits per heavy atom. The molecule has 0 unspecified atom stereocenters. The molecule has 2 saturated heterocycles. The van der Waals surface area contributed by atoms with E-state index in [-0.39, 0.29) is 6.04 Å². The minimum absolute atomic E-state index is 0.0677. The van der Waals surface area contributed by atoms with Crippen molar-refractivity contribution in [3.05, 3.63) is 71.0 Å². The van der Waals surface area contributed by atoms with Crippen molar-refractivity contribution in [1.82, 2.24) is 4.98 Å². The monoisotopic (exact) mass is 418 g/mol. The summed E-state index contributed by atoms with van der Waals surface area (Å²) in [5, 5.41) is 16.9. The predicted octanol–water partition coefficient (Wildman–Crippen LogP) is 4.83. The number of nitrogens with zero attached hydrogens (tertiary/aromatic N) is 1. The number of aryl methyl sites for hydroxylation is 1. The van der Waals surface area contributed by atoms with Crippen molar-refractivity contribution in [3.8, 4) is 0 Å². The Labute approximate surface area is 183 Å². The molecule has 1 atom stereocenters. The van der Waals surface area contributed by atoms with Crippen molar-refractivity contribution < 1.29 is 14.6 Å². The Hall–Kier alpha value is -2.47. The molecular weight excluding hydrogens is 388 g/mol. The number of anilines is 1. The second-order valence-electron chi connectivity index (χ2n) is 9.01. The van der Waals surface area contributed by atoms with Crippen molar-refractivity contribution >= 4 is 16.5 Å². The topological polar surface area (TPSA) is 63.6 Å². The van der Waals surface area contributed by atoms with Crippen LogP contribution in [0.2, 0.25) is 0 Å². The summed E-state index contributed by atoms with van der Waals surface area (Å²) in [6, 6.07) is 14.8. The number of rotatable bonds is 5. The second-order valence-corrected chi connectivity index (χ2v) is 9.01. The third-order valence-corrected chi connectivity index (χ3v) is 6.62. The van der Waals surface area contributed by atoms with Crippen LogP contribution in [-0.4, -0.2) is 36.5 Å². The summed E-state index contributed by atoms with van der Waals surface area (Å²) >= 11 is 0. The summed E-state index contributed by atoms with van der Waals surface area (Å²) in [7, 11) is 0. The molecule has 0 bridgehead atoms. The van der Waals surface area contributed by atoms with Crippen LogP contribution >= 0.6 is 0 Å². The Balaban J connectivity index is 1.50. The van der Waals surface area contributed by atoms with Gasteiger partial charge in [0.2, 0.25) is 0 Å². The van der Waals surface area contributed by atoms with E-state index in [0.29, 0.717) is 19.1 Å². The Kier molecular flexibility index (Phi) is 5.42. The molecule has 31 heavy (non-hydrogen) atoms. The summed E-state index contributed by atoms with van der Waals surface area (Å²) in [5.41, 5.74) is 4.57. The lowest BCUT2D eigenvalue weighted by Crippen LogP contribution is -2.46. The SMILES string of the molecule is Cc1cc([C@@H](C)Nc2ccccc2C2(O)COC2)c2cc(C3CCOCC3)ncc2c1. The van der Waals surface area contributed by atoms with E-state index in [2.05, 4.69) is 37.4 Å². The van der Waals surface area contributed by atoms with Gasteiger partial charge in [0.15, 0.2) is 0 Å². The Bertz CT molecular complexity index is 1090. The van der Waals surface area contributed by atoms with Gasteiger partial charge in [-0.15, -0.1) is 0 Å². The van der Waals surface area contributed by atoms with Crippen molar-refractivity contribution in [1.29, 1.82) is 0 Å². The minimum atomic E-state index is -0.905. The van der Waals surface area contributed by atoms with Crippen LogP contribution in [-0.2, 0) is 15.1 Å². The van der Waals surface area contributed by atoms with Gasteiger partial charge in [0, 0.05) is 53.7 Å². The molecule has 0 aliphatic carbocycles. The van der Waals surface area contributed by atoms with Crippen LogP contribution < -0.4 is 5.32 Å². The highest BCUT2D eigenvalue weighted by molar-refractivity contribution is 5.87. The molecule has 3 heterocycles. The molecule has 162 valence electrons. The molecule has 0 radical (unpaired) electrons. The summed E-state index contributed by atoms with van der Waals surface area (Å²) < 4.78 is 10.8. The molecule has 5 heteroatoms. The molecule has 2 fully saturated rings. The molecule has 2 aromatic carbocycles. The molecular formula is C26H30N2O3. The number of fused-ring (bicyclic) bond motifs is 1. The normalized spacial score (nSPS) is 19.7. The summed E-state index contributed by atoms with van der Waals surface area (Å²) in [6.07, 6.45) is 4.08. The zero-order valence-corrected chi connectivity index (χ0v) is 18.2. The van der Waals surface area contributed by atoms with Gasteiger partial charge in [0.05, 0.1) is 13.2 Å². The molecule has 5 rings (SSSR count). The van der Waals surface area contributed by atoms with Gasteiger partial charge in [-0.25, -0.2) is 0 Å². The highest BCUT2D eigenvalue weighted by Gasteiger charge is 2.39. The quantitative estimate of drug-likeness (QED) is 0.621. The van der Waals surface area contributed by atoms with Gasteiger partial charge >= 0.3 is 0 Å². The number of para-hydroxylation sites is 1. The molecule has 0 amide bonds. The zero-order chi connectivity index (χ0) is 21.4. The van der Waals surface area contributed by atoms with Gasteiger partial charge in [-0.1, -0.05) is 29.8 Å². The average molecular weight is 419 g/mol. The second kappa shape index (κ2) is 8.23. The van der Waals surface area contributed by atoms with Crippen LogP contribution in [0.15, 0.2) is 48.7 Å². The predicted molar refractivity (Wildman–Crippen MR) is 122 cm³/mol. The largest absolute Gasteiger partial charge is 0.381 e. The minimum Gasteiger partial charge on any atom is -0.381 e. The van der Waals surface area contributed by atoms with E-state index in [1.54, 1.807) is 0 Å². The van der Waals surface area contributed by atoms with E-state index < -0.39 is 5.60 Å². The van der Waals surface area contributed by atoms with Crippen LogP contribution in [0.3, 0.4) is 0 Å². The van der Waals surface area contributed by atoms with Gasteiger partial charge in [-0.2, -0.15) is 0 Å². The maximum Gasteiger partial charge on any atom is 0.138 e. The number of nitrogens with one attached hydrogen (secondary N) is 1. The van der Waals surface area contributed by atoms with Crippen LogP contribution in [0.25, 0.3) is 10.8 Å². The lowest BCUT2D eigenvalue weighted by atomic mass is 9.89. The van der Waals surface area contributed by atoms with Gasteiger partial charge < -0.3 is 19.9 Å². The van der Waals surface area contributed by atoms with Gasteiger partial charge in [0.1, 0.15) is 5.60 Å². The third-order valence-electron chi connectivity index (χ3n) is 6.62. The molecule has 2 aliphatic heterocycles. The van der Waals surface area contributed by atoms with Crippen molar-refractivity contribution in [2.24, 2.45) is 0 Å². The number of ether oxygens (including phenoxy) is 2. The van der Waals surface area contributed by atoms with Crippen LogP contribution in [0, 0.1) is 6.92 Å². The number of aliphatic hydroxyl groups is 1. The Morgan fingerprint density at radius 2 is 1.87 bits per heavy atom. The molecule has 0 saturated carbocycles. The fraction of sp³-hybridized carbons (Fsp3) is 0.423. The molecule has 2 N–H and O–H groups in total. The summed E-state index contributed by atoms with van der Waals surface area (Å²) in [4.78, 5) is 4.80. The molecule has 3 aromatic rings. The first-order chi connectivity index (χ1) is 15.0. The van der Waals surface area contributed by atoms with Gasteiger partial charge in [0.25, 0.3) is 0 Å². The van der Waals surface area contributed by atoms with Crippen molar-refractivity contribution in [2.45, 2.75) is 44.2 Å². The van der Waals surface area contributed by atoms with Crippen molar-refractivity contribution in [2.75, 3.05) is 31.7 Å². The number of pyridine rings is 1. The van der Waals surface area contributed by atoms with E-state index in [9.17, 15) is 5.11 Å². The first kappa shape index (κ1) is 20.4. The maximum atomic E-state index is 10.9. The van der Waals surface area contributed by atoms with Crippen molar-refractivity contribution in [3.63, 3.8) is 0 Å². The van der Waals surface area contributed by atoms with E-state index in [4.69, 9.17) is 14.5 Å². The standard InChI is InChI=1S/C26H30N2O3/c1-17-11-20-14-27-25(19-7-9-30-10-8-19)13-22(20)21(12-17)18(2)28-24-6-4-3-5-23(24)26(29)15-31-16-26/h3-6,11-14,18-19,28-29H,7-10,15-16H2,1-2H3/t18-/m1/s1. The van der Waals surface area contributed by atoms with E-state index in [1.165, 1.54) is 21.9 Å². The Morgan fingerprint density at radius 1 is 1.10 bits per heavy atom. The number of aromatic nitrogens is 1. The van der Waals surface area contributed by atoms with Gasteiger partial charge in [-0.3, -0.25) is 4.98 Å². The van der Waals surface area contributed by atoms with Crippen LogP contribution in [0.1, 0.15) is 54.1 Å². The molecule has 1 aromatic heterocycles. The third kappa shape index (κ3) is 3.93.